The molecule has 10 nitrogen and oxygen atoms in total. The molecule has 0 fully saturated rings. The number of aromatic nitrogens is 4. The first-order valence-electron chi connectivity index (χ1n) is 7.01. The lowest BCUT2D eigenvalue weighted by atomic mass is 10.2. The lowest BCUT2D eigenvalue weighted by Crippen LogP contribution is -2.04. The maximum atomic E-state index is 11.8. The fourth-order valence-corrected chi connectivity index (χ4v) is 3.03. The number of hydrogen-bond donors (Lipinski definition) is 1. The molecule has 1 N–H and O–H groups in total. The Morgan fingerprint density at radius 3 is 2.56 bits per heavy atom. The van der Waals surface area contributed by atoms with Crippen LogP contribution in [0.2, 0.25) is 0 Å². The van der Waals surface area contributed by atoms with Crippen molar-refractivity contribution in [1.29, 1.82) is 0 Å². The third kappa shape index (κ3) is 3.21. The van der Waals surface area contributed by atoms with Crippen LogP contribution in [-0.4, -0.2) is 32.5 Å². The van der Waals surface area contributed by atoms with Crippen LogP contribution < -0.4 is 0 Å². The summed E-state index contributed by atoms with van der Waals surface area (Å²) in [5.74, 6) is -0.675. The number of aromatic amines is 1. The van der Waals surface area contributed by atoms with E-state index in [0.29, 0.717) is 16.2 Å². The Labute approximate surface area is 144 Å². The van der Waals surface area contributed by atoms with Gasteiger partial charge in [-0.2, -0.15) is 0 Å². The zero-order valence-corrected chi connectivity index (χ0v) is 13.6. The number of ether oxygens (including phenoxy) is 1. The van der Waals surface area contributed by atoms with Crippen LogP contribution in [0.25, 0.3) is 11.2 Å². The predicted molar refractivity (Wildman–Crippen MR) is 89.1 cm³/mol. The van der Waals surface area contributed by atoms with Gasteiger partial charge in [-0.1, -0.05) is 11.8 Å². The molecule has 2 aromatic heterocycles. The van der Waals surface area contributed by atoms with E-state index in [-0.39, 0.29) is 28.4 Å². The summed E-state index contributed by atoms with van der Waals surface area (Å²) in [6, 6.07) is 2.48. The van der Waals surface area contributed by atoms with Crippen molar-refractivity contribution in [2.24, 2.45) is 10.4 Å². The lowest BCUT2D eigenvalue weighted by Gasteiger charge is -2.08. The molecule has 0 saturated heterocycles. The van der Waals surface area contributed by atoms with Crippen molar-refractivity contribution < 1.29 is 9.53 Å². The zero-order chi connectivity index (χ0) is 17.8. The van der Waals surface area contributed by atoms with Gasteiger partial charge in [0.2, 0.25) is 0 Å². The summed E-state index contributed by atoms with van der Waals surface area (Å²) in [5, 5.41) is 6.20. The maximum absolute atomic E-state index is 11.8. The van der Waals surface area contributed by atoms with Crippen molar-refractivity contribution in [3.8, 4) is 0 Å². The van der Waals surface area contributed by atoms with Crippen molar-refractivity contribution in [2.75, 3.05) is 6.61 Å². The van der Waals surface area contributed by atoms with Crippen LogP contribution in [0.3, 0.4) is 0 Å². The van der Waals surface area contributed by atoms with E-state index in [4.69, 9.17) is 4.74 Å². The van der Waals surface area contributed by atoms with Gasteiger partial charge in [0.05, 0.1) is 23.4 Å². The zero-order valence-electron chi connectivity index (χ0n) is 12.8. The van der Waals surface area contributed by atoms with Crippen molar-refractivity contribution in [2.45, 2.75) is 16.8 Å². The number of fused-ring (bicyclic) bond motifs is 1. The van der Waals surface area contributed by atoms with Gasteiger partial charge in [0.1, 0.15) is 28.2 Å². The monoisotopic (exact) mass is 358 g/mol. The summed E-state index contributed by atoms with van der Waals surface area (Å²) < 4.78 is 4.86. The Kier molecular flexibility index (Phi) is 4.75. The summed E-state index contributed by atoms with van der Waals surface area (Å²) in [4.78, 5) is 49.5. The summed E-state index contributed by atoms with van der Waals surface area (Å²) in [6.07, 6.45) is 2.77. The van der Waals surface area contributed by atoms with E-state index in [9.17, 15) is 14.6 Å². The molecule has 0 aliphatic carbocycles. The van der Waals surface area contributed by atoms with Crippen molar-refractivity contribution in [3.05, 3.63) is 40.2 Å². The highest BCUT2D eigenvalue weighted by molar-refractivity contribution is 7.99. The highest BCUT2D eigenvalue weighted by Crippen LogP contribution is 2.43. The molecule has 25 heavy (non-hydrogen) atoms. The molecule has 0 saturated carbocycles. The molecule has 0 atom stereocenters. The number of carbonyl (C=O) groups excluding carboxylic acids is 1. The van der Waals surface area contributed by atoms with Crippen molar-refractivity contribution in [3.63, 3.8) is 0 Å². The molecule has 0 aliphatic rings. The predicted octanol–water partition coefficient (Wildman–Crippen LogP) is 3.48. The highest BCUT2D eigenvalue weighted by atomic mass is 32.2. The van der Waals surface area contributed by atoms with E-state index in [1.165, 1.54) is 24.8 Å². The largest absolute Gasteiger partial charge is 0.462 e. The molecule has 0 amide bonds. The number of rotatable bonds is 6. The first kappa shape index (κ1) is 16.6. The van der Waals surface area contributed by atoms with Crippen LogP contribution in [0.15, 0.2) is 45.1 Å². The molecular formula is C14H10N6O4S. The van der Waals surface area contributed by atoms with Crippen LogP contribution in [0.5, 0.6) is 0 Å². The molecule has 11 heteroatoms. The number of carbonyl (C=O) groups is 1. The van der Waals surface area contributed by atoms with Crippen LogP contribution >= 0.6 is 11.8 Å². The SMILES string of the molecule is CCOC(=O)c1cc(N=O)c(Sc2ncnc3[nH]cnc23)c(N=O)c1. The number of nitrogens with zero attached hydrogens (tertiary/aromatic N) is 5. The number of esters is 1. The highest BCUT2D eigenvalue weighted by Gasteiger charge is 2.20. The maximum Gasteiger partial charge on any atom is 0.338 e. The minimum atomic E-state index is -0.675. The molecule has 0 aliphatic heterocycles. The molecule has 0 spiro atoms. The number of H-pyrrole nitrogens is 1. The van der Waals surface area contributed by atoms with E-state index in [1.54, 1.807) is 6.92 Å². The average Bonchev–Trinajstić information content (AvgIpc) is 3.11. The standard InChI is InChI=1S/C14H10N6O4S/c1-2-24-14(21)7-3-8(19-22)11(9(4-7)20-23)25-13-10-12(16-5-15-10)17-6-18-13/h3-6H,2H2,1H3,(H,15,16,17,18). The van der Waals surface area contributed by atoms with E-state index in [1.807, 2.05) is 0 Å². The third-order valence-electron chi connectivity index (χ3n) is 3.14. The molecule has 0 bridgehead atoms. The first-order chi connectivity index (χ1) is 12.2. The third-order valence-corrected chi connectivity index (χ3v) is 4.25. The van der Waals surface area contributed by atoms with E-state index < -0.39 is 5.97 Å². The Balaban J connectivity index is 2.09. The van der Waals surface area contributed by atoms with E-state index >= 15 is 0 Å². The molecule has 0 radical (unpaired) electrons. The minimum Gasteiger partial charge on any atom is -0.462 e. The molecule has 0 unspecified atom stereocenters. The van der Waals surface area contributed by atoms with E-state index in [0.717, 1.165) is 11.8 Å². The van der Waals surface area contributed by atoms with Crippen LogP contribution in [0, 0.1) is 9.81 Å². The molecular weight excluding hydrogens is 348 g/mol. The van der Waals surface area contributed by atoms with Gasteiger partial charge in [0.15, 0.2) is 5.65 Å². The Morgan fingerprint density at radius 2 is 1.92 bits per heavy atom. The van der Waals surface area contributed by atoms with Crippen molar-refractivity contribution in [1.82, 2.24) is 19.9 Å². The van der Waals surface area contributed by atoms with Gasteiger partial charge < -0.3 is 9.72 Å². The first-order valence-corrected chi connectivity index (χ1v) is 7.83. The van der Waals surface area contributed by atoms with Gasteiger partial charge in [0.25, 0.3) is 0 Å². The molecule has 2 heterocycles. The van der Waals surface area contributed by atoms with Gasteiger partial charge in [-0.25, -0.2) is 19.7 Å². The van der Waals surface area contributed by atoms with Crippen LogP contribution in [0.4, 0.5) is 11.4 Å². The molecule has 126 valence electrons. The summed E-state index contributed by atoms with van der Waals surface area (Å²) >= 11 is 0.985. The van der Waals surface area contributed by atoms with Crippen molar-refractivity contribution >= 4 is 40.3 Å². The number of benzene rings is 1. The fraction of sp³-hybridized carbons (Fsp3) is 0.143. The second kappa shape index (κ2) is 7.13. The fourth-order valence-electron chi connectivity index (χ4n) is 2.08. The van der Waals surface area contributed by atoms with Gasteiger partial charge in [-0.05, 0) is 29.4 Å². The topological polar surface area (TPSA) is 140 Å². The van der Waals surface area contributed by atoms with Gasteiger partial charge in [0, 0.05) is 0 Å². The van der Waals surface area contributed by atoms with Gasteiger partial charge >= 0.3 is 5.97 Å². The van der Waals surface area contributed by atoms with E-state index in [2.05, 4.69) is 30.3 Å². The second-order valence-corrected chi connectivity index (χ2v) is 5.63. The summed E-state index contributed by atoms with van der Waals surface area (Å²) in [6.45, 7) is 1.80. The molecule has 3 aromatic rings. The minimum absolute atomic E-state index is 0.0167. The van der Waals surface area contributed by atoms with Crippen LogP contribution in [-0.2, 0) is 4.74 Å². The normalized spacial score (nSPS) is 10.6. The Hall–Kier alpha value is -3.21. The number of nitrogens with one attached hydrogen (secondary N) is 1. The average molecular weight is 358 g/mol. The Bertz CT molecular complexity index is 944. The molecule has 3 rings (SSSR count). The molecule has 1 aromatic carbocycles. The number of imidazole rings is 1. The summed E-state index contributed by atoms with van der Waals surface area (Å²) in [5.41, 5.74) is 0.750. The summed E-state index contributed by atoms with van der Waals surface area (Å²) in [7, 11) is 0. The Morgan fingerprint density at radius 1 is 1.20 bits per heavy atom. The van der Waals surface area contributed by atoms with Gasteiger partial charge in [-0.3, -0.25) is 0 Å². The number of hydrogen-bond acceptors (Lipinski definition) is 10. The second-order valence-electron chi connectivity index (χ2n) is 4.63. The quantitative estimate of drug-likeness (QED) is 0.401. The van der Waals surface area contributed by atoms with Crippen LogP contribution in [0.1, 0.15) is 17.3 Å². The smallest absolute Gasteiger partial charge is 0.338 e. The van der Waals surface area contributed by atoms with Gasteiger partial charge in [-0.15, -0.1) is 9.81 Å². The lowest BCUT2D eigenvalue weighted by molar-refractivity contribution is 0.0526. The number of nitroso groups, excluding NO2 is 2.